The molecule has 0 saturated heterocycles. The van der Waals surface area contributed by atoms with Gasteiger partial charge in [-0.05, 0) is 43.0 Å². The Morgan fingerprint density at radius 3 is 2.89 bits per heavy atom. The molecule has 102 valence electrons. The van der Waals surface area contributed by atoms with Crippen molar-refractivity contribution in [2.75, 3.05) is 6.61 Å². The van der Waals surface area contributed by atoms with E-state index >= 15 is 0 Å². The molecule has 1 atom stereocenters. The minimum Gasteiger partial charge on any atom is -0.504 e. The van der Waals surface area contributed by atoms with Gasteiger partial charge in [-0.15, -0.1) is 11.3 Å². The van der Waals surface area contributed by atoms with Crippen LogP contribution in [0.3, 0.4) is 0 Å². The highest BCUT2D eigenvalue weighted by Crippen LogP contribution is 2.27. The maximum atomic E-state index is 9.65. The molecule has 2 rings (SSSR count). The third-order valence-electron chi connectivity index (χ3n) is 2.91. The average molecular weight is 277 g/mol. The van der Waals surface area contributed by atoms with Crippen molar-refractivity contribution in [1.29, 1.82) is 0 Å². The van der Waals surface area contributed by atoms with Crippen LogP contribution in [0.2, 0.25) is 0 Å². The number of hydrogen-bond donors (Lipinski definition) is 2. The molecule has 0 aliphatic rings. The van der Waals surface area contributed by atoms with E-state index in [4.69, 9.17) is 4.74 Å². The number of phenols is 1. The van der Waals surface area contributed by atoms with Gasteiger partial charge in [-0.3, -0.25) is 0 Å². The smallest absolute Gasteiger partial charge is 0.161 e. The lowest BCUT2D eigenvalue weighted by atomic mass is 10.2. The summed E-state index contributed by atoms with van der Waals surface area (Å²) in [5.74, 6) is 0.738. The molecule has 19 heavy (non-hydrogen) atoms. The Morgan fingerprint density at radius 1 is 1.37 bits per heavy atom. The Kier molecular flexibility index (Phi) is 4.82. The van der Waals surface area contributed by atoms with Crippen LogP contribution in [0.25, 0.3) is 0 Å². The summed E-state index contributed by atoms with van der Waals surface area (Å²) in [7, 11) is 0. The van der Waals surface area contributed by atoms with Gasteiger partial charge in [0.25, 0.3) is 0 Å². The lowest BCUT2D eigenvalue weighted by molar-refractivity contribution is 0.317. The van der Waals surface area contributed by atoms with E-state index < -0.39 is 0 Å². The fraction of sp³-hybridized carbons (Fsp3) is 0.333. The predicted octanol–water partition coefficient (Wildman–Crippen LogP) is 3.70. The van der Waals surface area contributed by atoms with Crippen molar-refractivity contribution < 1.29 is 9.84 Å². The molecule has 0 unspecified atom stereocenters. The number of thiophene rings is 1. The van der Waals surface area contributed by atoms with E-state index in [1.807, 2.05) is 19.1 Å². The third kappa shape index (κ3) is 3.72. The van der Waals surface area contributed by atoms with Gasteiger partial charge in [0.15, 0.2) is 11.5 Å². The Labute approximate surface area is 117 Å². The Morgan fingerprint density at radius 2 is 2.21 bits per heavy atom. The second kappa shape index (κ2) is 6.59. The highest BCUT2D eigenvalue weighted by molar-refractivity contribution is 7.10. The minimum atomic E-state index is 0.192. The van der Waals surface area contributed by atoms with Crippen molar-refractivity contribution in [3.63, 3.8) is 0 Å². The number of aromatic hydroxyl groups is 1. The summed E-state index contributed by atoms with van der Waals surface area (Å²) < 4.78 is 5.38. The summed E-state index contributed by atoms with van der Waals surface area (Å²) in [6.07, 6.45) is 0. The van der Waals surface area contributed by atoms with Crippen LogP contribution in [-0.2, 0) is 6.54 Å². The van der Waals surface area contributed by atoms with Gasteiger partial charge in [-0.1, -0.05) is 12.1 Å². The molecular weight excluding hydrogens is 258 g/mol. The lowest BCUT2D eigenvalue weighted by Gasteiger charge is -2.13. The van der Waals surface area contributed by atoms with Gasteiger partial charge >= 0.3 is 0 Å². The zero-order chi connectivity index (χ0) is 13.7. The maximum Gasteiger partial charge on any atom is 0.161 e. The molecule has 2 aromatic rings. The van der Waals surface area contributed by atoms with Gasteiger partial charge in [-0.2, -0.15) is 0 Å². The van der Waals surface area contributed by atoms with E-state index in [0.717, 1.165) is 12.1 Å². The molecule has 2 N–H and O–H groups in total. The topological polar surface area (TPSA) is 41.5 Å². The fourth-order valence-electron chi connectivity index (χ4n) is 1.85. The van der Waals surface area contributed by atoms with Gasteiger partial charge in [0.05, 0.1) is 6.61 Å². The standard InChI is InChI=1S/C15H19NO2S/c1-3-18-14-9-12(6-7-13(14)17)10-16-11(2)15-5-4-8-19-15/h4-9,11,16-17H,3,10H2,1-2H3/t11-/m0/s1. The molecule has 0 aliphatic heterocycles. The number of benzene rings is 1. The molecule has 0 amide bonds. The normalized spacial score (nSPS) is 12.3. The van der Waals surface area contributed by atoms with E-state index in [0.29, 0.717) is 18.4 Å². The van der Waals surface area contributed by atoms with Crippen molar-refractivity contribution in [3.8, 4) is 11.5 Å². The zero-order valence-corrected chi connectivity index (χ0v) is 12.0. The van der Waals surface area contributed by atoms with Crippen LogP contribution in [0.1, 0.15) is 30.3 Å². The molecule has 0 radical (unpaired) electrons. The van der Waals surface area contributed by atoms with Crippen molar-refractivity contribution >= 4 is 11.3 Å². The summed E-state index contributed by atoms with van der Waals surface area (Å²) >= 11 is 1.75. The van der Waals surface area contributed by atoms with Crippen LogP contribution >= 0.6 is 11.3 Å². The monoisotopic (exact) mass is 277 g/mol. The summed E-state index contributed by atoms with van der Waals surface area (Å²) in [5.41, 5.74) is 1.10. The fourth-order valence-corrected chi connectivity index (χ4v) is 2.61. The van der Waals surface area contributed by atoms with Gasteiger partial charge < -0.3 is 15.2 Å². The third-order valence-corrected chi connectivity index (χ3v) is 3.96. The molecule has 0 spiro atoms. The summed E-state index contributed by atoms with van der Waals surface area (Å²) in [5, 5.41) is 15.2. The number of nitrogens with one attached hydrogen (secondary N) is 1. The quantitative estimate of drug-likeness (QED) is 0.846. The Bertz CT molecular complexity index is 511. The number of rotatable bonds is 6. The van der Waals surface area contributed by atoms with Crippen LogP contribution in [0.5, 0.6) is 11.5 Å². The van der Waals surface area contributed by atoms with Crippen molar-refractivity contribution in [1.82, 2.24) is 5.32 Å². The molecule has 1 aromatic heterocycles. The largest absolute Gasteiger partial charge is 0.504 e. The second-order valence-electron chi connectivity index (χ2n) is 4.35. The van der Waals surface area contributed by atoms with Crippen LogP contribution in [-0.4, -0.2) is 11.7 Å². The first-order chi connectivity index (χ1) is 9.20. The zero-order valence-electron chi connectivity index (χ0n) is 11.2. The highest BCUT2D eigenvalue weighted by Gasteiger charge is 2.07. The Hall–Kier alpha value is -1.52. The van der Waals surface area contributed by atoms with E-state index in [9.17, 15) is 5.11 Å². The van der Waals surface area contributed by atoms with Crippen LogP contribution < -0.4 is 10.1 Å². The first-order valence-corrected chi connectivity index (χ1v) is 7.30. The lowest BCUT2D eigenvalue weighted by Crippen LogP contribution is -2.17. The van der Waals surface area contributed by atoms with Gasteiger partial charge in [-0.25, -0.2) is 0 Å². The summed E-state index contributed by atoms with van der Waals surface area (Å²) in [6.45, 7) is 5.36. The summed E-state index contributed by atoms with van der Waals surface area (Å²) in [4.78, 5) is 1.32. The van der Waals surface area contributed by atoms with Gasteiger partial charge in [0.2, 0.25) is 0 Å². The average Bonchev–Trinajstić information content (AvgIpc) is 2.93. The van der Waals surface area contributed by atoms with Crippen LogP contribution in [0, 0.1) is 0 Å². The Balaban J connectivity index is 1.97. The number of hydrogen-bond acceptors (Lipinski definition) is 4. The molecule has 1 aromatic carbocycles. The maximum absolute atomic E-state index is 9.65. The number of ether oxygens (including phenoxy) is 1. The van der Waals surface area contributed by atoms with E-state index in [-0.39, 0.29) is 5.75 Å². The molecule has 0 aliphatic carbocycles. The second-order valence-corrected chi connectivity index (χ2v) is 5.33. The predicted molar refractivity (Wildman–Crippen MR) is 78.8 cm³/mol. The van der Waals surface area contributed by atoms with Crippen LogP contribution in [0.15, 0.2) is 35.7 Å². The molecule has 0 bridgehead atoms. The minimum absolute atomic E-state index is 0.192. The van der Waals surface area contributed by atoms with E-state index in [2.05, 4.69) is 29.8 Å². The van der Waals surface area contributed by atoms with Crippen molar-refractivity contribution in [2.24, 2.45) is 0 Å². The summed E-state index contributed by atoms with van der Waals surface area (Å²) in [6, 6.07) is 9.98. The van der Waals surface area contributed by atoms with Crippen LogP contribution in [0.4, 0.5) is 0 Å². The molecule has 4 heteroatoms. The van der Waals surface area contributed by atoms with Crippen molar-refractivity contribution in [3.05, 3.63) is 46.2 Å². The first-order valence-electron chi connectivity index (χ1n) is 6.42. The highest BCUT2D eigenvalue weighted by atomic mass is 32.1. The molecule has 1 heterocycles. The SMILES string of the molecule is CCOc1cc(CN[C@@H](C)c2cccs2)ccc1O. The van der Waals surface area contributed by atoms with Gasteiger partial charge in [0, 0.05) is 17.5 Å². The molecular formula is C15H19NO2S. The van der Waals surface area contributed by atoms with Crippen molar-refractivity contribution in [2.45, 2.75) is 26.4 Å². The molecule has 3 nitrogen and oxygen atoms in total. The van der Waals surface area contributed by atoms with E-state index in [1.54, 1.807) is 17.4 Å². The first kappa shape index (κ1) is 13.9. The molecule has 0 saturated carbocycles. The van der Waals surface area contributed by atoms with Gasteiger partial charge in [0.1, 0.15) is 0 Å². The number of phenolic OH excluding ortho intramolecular Hbond substituents is 1. The van der Waals surface area contributed by atoms with E-state index in [1.165, 1.54) is 4.88 Å². The molecule has 0 fully saturated rings.